The summed E-state index contributed by atoms with van der Waals surface area (Å²) in [6.45, 7) is 0.0455. The molecule has 2 N–H and O–H groups in total. The van der Waals surface area contributed by atoms with Crippen molar-refractivity contribution in [1.82, 2.24) is 4.72 Å². The summed E-state index contributed by atoms with van der Waals surface area (Å²) >= 11 is 0. The van der Waals surface area contributed by atoms with E-state index in [4.69, 9.17) is 18.9 Å². The maximum atomic E-state index is 12.6. The zero-order valence-corrected chi connectivity index (χ0v) is 21.1. The SMILES string of the molecule is COc1cc(C(=O)OCC(=O)Nc2ccc(S(=O)(=O)NC3=NCCCCC3)cc2)cc(OC)c1OC. The fourth-order valence-corrected chi connectivity index (χ4v) is 4.59. The molecule has 0 radical (unpaired) electrons. The highest BCUT2D eigenvalue weighted by molar-refractivity contribution is 7.90. The minimum atomic E-state index is -3.78. The number of carbonyl (C=O) groups excluding carboxylic acids is 2. The molecular formula is C24H29N3O8S. The van der Waals surface area contributed by atoms with Crippen LogP contribution in [0.25, 0.3) is 0 Å². The average Bonchev–Trinajstić information content (AvgIpc) is 3.14. The molecule has 0 saturated carbocycles. The number of carbonyl (C=O) groups is 2. The summed E-state index contributed by atoms with van der Waals surface area (Å²) in [7, 11) is 0.485. The highest BCUT2D eigenvalue weighted by Crippen LogP contribution is 2.38. The van der Waals surface area contributed by atoms with Crippen LogP contribution in [0.2, 0.25) is 0 Å². The number of esters is 1. The van der Waals surface area contributed by atoms with Gasteiger partial charge in [0.25, 0.3) is 15.9 Å². The number of amidine groups is 1. The van der Waals surface area contributed by atoms with E-state index in [0.29, 0.717) is 30.2 Å². The lowest BCUT2D eigenvalue weighted by Crippen LogP contribution is -2.30. The van der Waals surface area contributed by atoms with Crippen LogP contribution in [0, 0.1) is 0 Å². The van der Waals surface area contributed by atoms with Gasteiger partial charge >= 0.3 is 5.97 Å². The number of nitrogens with zero attached hydrogens (tertiary/aromatic N) is 1. The predicted octanol–water partition coefficient (Wildman–Crippen LogP) is 2.76. The minimum absolute atomic E-state index is 0.0428. The zero-order valence-electron chi connectivity index (χ0n) is 20.3. The second kappa shape index (κ2) is 12.2. The molecule has 0 spiro atoms. The van der Waals surface area contributed by atoms with Gasteiger partial charge in [-0.25, -0.2) is 13.2 Å². The molecule has 194 valence electrons. The van der Waals surface area contributed by atoms with Crippen molar-refractivity contribution >= 4 is 33.4 Å². The van der Waals surface area contributed by atoms with Crippen molar-refractivity contribution in [1.29, 1.82) is 0 Å². The molecule has 3 rings (SSSR count). The Morgan fingerprint density at radius 3 is 2.22 bits per heavy atom. The van der Waals surface area contributed by atoms with Crippen LogP contribution in [0.3, 0.4) is 0 Å². The Kier molecular flexibility index (Phi) is 9.12. The first-order valence-corrected chi connectivity index (χ1v) is 12.7. The lowest BCUT2D eigenvalue weighted by atomic mass is 10.2. The van der Waals surface area contributed by atoms with E-state index in [9.17, 15) is 18.0 Å². The zero-order chi connectivity index (χ0) is 26.1. The lowest BCUT2D eigenvalue weighted by Gasteiger charge is -2.14. The number of methoxy groups -OCH3 is 3. The van der Waals surface area contributed by atoms with Gasteiger partial charge in [-0.2, -0.15) is 0 Å². The molecule has 0 atom stereocenters. The van der Waals surface area contributed by atoms with Gasteiger partial charge in [-0.15, -0.1) is 0 Å². The Bertz CT molecular complexity index is 1200. The van der Waals surface area contributed by atoms with Crippen LogP contribution >= 0.6 is 0 Å². The van der Waals surface area contributed by atoms with Crippen LogP contribution in [0.4, 0.5) is 5.69 Å². The van der Waals surface area contributed by atoms with Gasteiger partial charge in [0.05, 0.1) is 31.8 Å². The lowest BCUT2D eigenvalue weighted by molar-refractivity contribution is -0.119. The summed E-state index contributed by atoms with van der Waals surface area (Å²) in [5.74, 6) is -0.0561. The van der Waals surface area contributed by atoms with Crippen molar-refractivity contribution in [3.05, 3.63) is 42.0 Å². The third kappa shape index (κ3) is 6.87. The monoisotopic (exact) mass is 519 g/mol. The topological polar surface area (TPSA) is 142 Å². The third-order valence-corrected chi connectivity index (χ3v) is 6.71. The Morgan fingerprint density at radius 2 is 1.61 bits per heavy atom. The van der Waals surface area contributed by atoms with Gasteiger partial charge in [-0.1, -0.05) is 6.42 Å². The quantitative estimate of drug-likeness (QED) is 0.482. The summed E-state index contributed by atoms with van der Waals surface area (Å²) in [4.78, 5) is 29.0. The number of hydrogen-bond donors (Lipinski definition) is 2. The van der Waals surface area contributed by atoms with E-state index in [-0.39, 0.29) is 22.0 Å². The summed E-state index contributed by atoms with van der Waals surface area (Å²) in [5.41, 5.74) is 0.451. The van der Waals surface area contributed by atoms with Crippen molar-refractivity contribution in [2.24, 2.45) is 4.99 Å². The number of nitrogens with one attached hydrogen (secondary N) is 2. The standard InChI is InChI=1S/C24H29N3O8S/c1-32-19-13-16(14-20(33-2)23(19)34-3)24(29)35-15-22(28)26-17-8-10-18(11-9-17)36(30,31)27-21-7-5-4-6-12-25-21/h8-11,13-14H,4-7,12,15H2,1-3H3,(H,25,27)(H,26,28). The molecule has 1 aliphatic heterocycles. The van der Waals surface area contributed by atoms with Gasteiger partial charge in [-0.3, -0.25) is 14.5 Å². The van der Waals surface area contributed by atoms with Gasteiger partial charge < -0.3 is 24.3 Å². The van der Waals surface area contributed by atoms with E-state index < -0.39 is 28.5 Å². The summed E-state index contributed by atoms with van der Waals surface area (Å²) in [5, 5.41) is 2.56. The Balaban J connectivity index is 1.58. The molecular weight excluding hydrogens is 490 g/mol. The van der Waals surface area contributed by atoms with Crippen LogP contribution in [-0.4, -0.2) is 60.6 Å². The van der Waals surface area contributed by atoms with Gasteiger partial charge in [-0.05, 0) is 49.2 Å². The molecule has 1 amide bonds. The van der Waals surface area contributed by atoms with Gasteiger partial charge in [0.1, 0.15) is 5.84 Å². The molecule has 0 bridgehead atoms. The molecule has 1 aliphatic rings. The first-order chi connectivity index (χ1) is 17.3. The van der Waals surface area contributed by atoms with Crippen LogP contribution in [0.1, 0.15) is 36.0 Å². The molecule has 36 heavy (non-hydrogen) atoms. The Hall–Kier alpha value is -3.80. The second-order valence-corrected chi connectivity index (χ2v) is 9.49. The van der Waals surface area contributed by atoms with Gasteiger partial charge in [0, 0.05) is 18.7 Å². The third-order valence-electron chi connectivity index (χ3n) is 5.31. The molecule has 0 unspecified atom stereocenters. The first-order valence-electron chi connectivity index (χ1n) is 11.2. The Labute approximate surface area is 209 Å². The van der Waals surface area contributed by atoms with E-state index in [0.717, 1.165) is 19.3 Å². The molecule has 0 saturated heterocycles. The fourth-order valence-electron chi connectivity index (χ4n) is 3.50. The summed E-state index contributed by atoms with van der Waals surface area (Å²) < 4.78 is 48.5. The molecule has 2 aromatic rings. The molecule has 0 aliphatic carbocycles. The average molecular weight is 520 g/mol. The number of amides is 1. The Morgan fingerprint density at radius 1 is 0.944 bits per heavy atom. The van der Waals surface area contributed by atoms with E-state index >= 15 is 0 Å². The molecule has 0 aromatic heterocycles. The number of rotatable bonds is 9. The van der Waals surface area contributed by atoms with Gasteiger partial charge in [0.2, 0.25) is 5.75 Å². The normalized spacial score (nSPS) is 13.6. The van der Waals surface area contributed by atoms with Crippen LogP contribution < -0.4 is 24.2 Å². The number of sulfonamides is 1. The van der Waals surface area contributed by atoms with Crippen LogP contribution in [0.5, 0.6) is 17.2 Å². The molecule has 11 nitrogen and oxygen atoms in total. The minimum Gasteiger partial charge on any atom is -0.493 e. The summed E-state index contributed by atoms with van der Waals surface area (Å²) in [6, 6.07) is 8.46. The van der Waals surface area contributed by atoms with Crippen molar-refractivity contribution in [2.45, 2.75) is 30.6 Å². The van der Waals surface area contributed by atoms with E-state index in [2.05, 4.69) is 15.0 Å². The highest BCUT2D eigenvalue weighted by atomic mass is 32.2. The predicted molar refractivity (Wildman–Crippen MR) is 133 cm³/mol. The largest absolute Gasteiger partial charge is 0.493 e. The number of ether oxygens (including phenoxy) is 4. The van der Waals surface area contributed by atoms with Gasteiger partial charge in [0.15, 0.2) is 18.1 Å². The van der Waals surface area contributed by atoms with Crippen molar-refractivity contribution in [3.8, 4) is 17.2 Å². The number of anilines is 1. The maximum absolute atomic E-state index is 12.6. The maximum Gasteiger partial charge on any atom is 0.338 e. The van der Waals surface area contributed by atoms with Crippen LogP contribution in [-0.2, 0) is 19.6 Å². The van der Waals surface area contributed by atoms with E-state index in [1.807, 2.05) is 0 Å². The van der Waals surface area contributed by atoms with Crippen molar-refractivity contribution in [2.75, 3.05) is 39.8 Å². The molecule has 0 fully saturated rings. The number of benzene rings is 2. The van der Waals surface area contributed by atoms with Crippen LogP contribution in [0.15, 0.2) is 46.3 Å². The second-order valence-electron chi connectivity index (χ2n) is 7.81. The highest BCUT2D eigenvalue weighted by Gasteiger charge is 2.20. The van der Waals surface area contributed by atoms with E-state index in [1.54, 1.807) is 0 Å². The fraction of sp³-hybridized carbons (Fsp3) is 0.375. The summed E-state index contributed by atoms with van der Waals surface area (Å²) in [6.07, 6.45) is 3.43. The first kappa shape index (κ1) is 26.8. The van der Waals surface area contributed by atoms with Crippen molar-refractivity contribution < 1.29 is 37.0 Å². The number of hydrogen-bond acceptors (Lipinski definition) is 9. The smallest absolute Gasteiger partial charge is 0.338 e. The molecule has 2 aromatic carbocycles. The molecule has 12 heteroatoms. The van der Waals surface area contributed by atoms with E-state index in [1.165, 1.54) is 57.7 Å². The molecule has 1 heterocycles. The van der Waals surface area contributed by atoms with Crippen molar-refractivity contribution in [3.63, 3.8) is 0 Å². The number of aliphatic imine (C=N–C) groups is 1.